The van der Waals surface area contributed by atoms with Crippen molar-refractivity contribution in [3.05, 3.63) is 35.4 Å². The Morgan fingerprint density at radius 3 is 2.00 bits per heavy atom. The predicted molar refractivity (Wildman–Crippen MR) is 103 cm³/mol. The van der Waals surface area contributed by atoms with Gasteiger partial charge in [-0.1, -0.05) is 0 Å². The summed E-state index contributed by atoms with van der Waals surface area (Å²) >= 11 is 0. The molecule has 1 N–H and O–H groups in total. The Morgan fingerprint density at radius 1 is 0.939 bits per heavy atom. The summed E-state index contributed by atoms with van der Waals surface area (Å²) in [6.07, 6.45) is -3.52. The number of nitrogens with zero attached hydrogens (tertiary/aromatic N) is 1. The van der Waals surface area contributed by atoms with Gasteiger partial charge in [-0.15, -0.1) is 0 Å². The van der Waals surface area contributed by atoms with Gasteiger partial charge in [-0.2, -0.15) is 13.2 Å². The maximum Gasteiger partial charge on any atom is 0.511 e. The standard InChI is InChI=1S/C18H21F7N2O4S2/c19-12-1-2-15(20)14(11-12)16(33(30,31)27-9-7-17(21,22)8-10-27)5-3-13(4-6-16)26-32(28,29)18(23,24)25/h1-2,11,13,26H,3-10H2/t13-,16+. The molecule has 1 aliphatic heterocycles. The summed E-state index contributed by atoms with van der Waals surface area (Å²) in [7, 11) is -10.3. The summed E-state index contributed by atoms with van der Waals surface area (Å²) in [5.74, 6) is -5.14. The number of hydrogen-bond acceptors (Lipinski definition) is 4. The van der Waals surface area contributed by atoms with Crippen LogP contribution in [-0.4, -0.2) is 51.7 Å². The van der Waals surface area contributed by atoms with Crippen LogP contribution in [0.2, 0.25) is 0 Å². The molecule has 0 aromatic heterocycles. The number of hydrogen-bond donors (Lipinski definition) is 1. The molecular formula is C18H21F7N2O4S2. The van der Waals surface area contributed by atoms with Gasteiger partial charge in [0.1, 0.15) is 16.4 Å². The summed E-state index contributed by atoms with van der Waals surface area (Å²) in [5, 5.41) is 0. The van der Waals surface area contributed by atoms with Crippen molar-refractivity contribution in [2.24, 2.45) is 0 Å². The van der Waals surface area contributed by atoms with E-state index in [1.165, 1.54) is 4.72 Å². The molecule has 1 saturated heterocycles. The minimum absolute atomic E-state index is 0.436. The summed E-state index contributed by atoms with van der Waals surface area (Å²) in [5.41, 5.74) is -6.15. The molecule has 1 saturated carbocycles. The number of benzene rings is 1. The molecule has 1 aromatic rings. The van der Waals surface area contributed by atoms with Gasteiger partial charge in [-0.3, -0.25) is 0 Å². The van der Waals surface area contributed by atoms with E-state index >= 15 is 0 Å². The summed E-state index contributed by atoms with van der Waals surface area (Å²) in [6.45, 7) is -1.14. The Bertz CT molecular complexity index is 1090. The first-order valence-electron chi connectivity index (χ1n) is 9.92. The van der Waals surface area contributed by atoms with Gasteiger partial charge < -0.3 is 0 Å². The molecule has 0 unspecified atom stereocenters. The van der Waals surface area contributed by atoms with E-state index in [1.807, 2.05) is 0 Å². The van der Waals surface area contributed by atoms with E-state index in [9.17, 15) is 47.6 Å². The van der Waals surface area contributed by atoms with Crippen LogP contribution in [0.4, 0.5) is 30.7 Å². The van der Waals surface area contributed by atoms with Crippen LogP contribution < -0.4 is 4.72 Å². The second kappa shape index (κ2) is 8.64. The first-order chi connectivity index (χ1) is 15.0. The van der Waals surface area contributed by atoms with Crippen LogP contribution in [0.3, 0.4) is 0 Å². The van der Waals surface area contributed by atoms with Gasteiger partial charge in [0.2, 0.25) is 10.0 Å². The monoisotopic (exact) mass is 526 g/mol. The molecule has 3 rings (SSSR count). The van der Waals surface area contributed by atoms with Gasteiger partial charge >= 0.3 is 15.5 Å². The number of nitrogens with one attached hydrogen (secondary N) is 1. The third kappa shape index (κ3) is 5.00. The van der Waals surface area contributed by atoms with Crippen LogP contribution in [-0.2, 0) is 24.8 Å². The van der Waals surface area contributed by atoms with E-state index in [1.54, 1.807) is 0 Å². The maximum atomic E-state index is 14.7. The van der Waals surface area contributed by atoms with Crippen molar-refractivity contribution < 1.29 is 47.6 Å². The van der Waals surface area contributed by atoms with Gasteiger partial charge in [-0.25, -0.2) is 43.4 Å². The van der Waals surface area contributed by atoms with Crippen molar-refractivity contribution in [1.29, 1.82) is 0 Å². The minimum Gasteiger partial charge on any atom is -0.211 e. The minimum atomic E-state index is -5.71. The lowest BCUT2D eigenvalue weighted by Crippen LogP contribution is -2.54. The molecule has 1 aromatic carbocycles. The maximum absolute atomic E-state index is 14.7. The number of halogens is 7. The number of rotatable bonds is 5. The highest BCUT2D eigenvalue weighted by molar-refractivity contribution is 7.90. The molecule has 0 amide bonds. The van der Waals surface area contributed by atoms with Gasteiger partial charge in [0, 0.05) is 37.5 Å². The number of sulfonamides is 2. The molecular weight excluding hydrogens is 505 g/mol. The first-order valence-corrected chi connectivity index (χ1v) is 12.8. The van der Waals surface area contributed by atoms with E-state index in [-0.39, 0.29) is 0 Å². The second-order valence-corrected chi connectivity index (χ2v) is 12.2. The normalized spacial score (nSPS) is 27.4. The Hall–Kier alpha value is -1.45. The van der Waals surface area contributed by atoms with Gasteiger partial charge in [0.25, 0.3) is 5.92 Å². The van der Waals surface area contributed by atoms with Crippen molar-refractivity contribution in [3.8, 4) is 0 Å². The lowest BCUT2D eigenvalue weighted by atomic mass is 9.81. The molecule has 0 bridgehead atoms. The van der Waals surface area contributed by atoms with E-state index in [0.29, 0.717) is 12.1 Å². The van der Waals surface area contributed by atoms with Crippen LogP contribution in [0.15, 0.2) is 18.2 Å². The number of piperidine rings is 1. The largest absolute Gasteiger partial charge is 0.511 e. The van der Waals surface area contributed by atoms with Crippen molar-refractivity contribution in [2.75, 3.05) is 13.1 Å². The van der Waals surface area contributed by atoms with Crippen LogP contribution in [0.25, 0.3) is 0 Å². The molecule has 0 spiro atoms. The molecule has 2 aliphatic rings. The highest BCUT2D eigenvalue weighted by atomic mass is 32.2. The van der Waals surface area contributed by atoms with Crippen molar-refractivity contribution in [2.45, 2.75) is 60.7 Å². The van der Waals surface area contributed by atoms with Gasteiger partial charge in [0.15, 0.2) is 0 Å². The molecule has 1 aliphatic carbocycles. The van der Waals surface area contributed by atoms with Crippen LogP contribution in [0.5, 0.6) is 0 Å². The number of alkyl halides is 5. The molecule has 6 nitrogen and oxygen atoms in total. The third-order valence-corrected chi connectivity index (χ3v) is 10.0. The third-order valence-electron chi connectivity index (χ3n) is 6.13. The highest BCUT2D eigenvalue weighted by Gasteiger charge is 2.55. The van der Waals surface area contributed by atoms with E-state index in [4.69, 9.17) is 0 Å². The Morgan fingerprint density at radius 2 is 1.48 bits per heavy atom. The molecule has 0 radical (unpaired) electrons. The van der Waals surface area contributed by atoms with Crippen molar-refractivity contribution in [1.82, 2.24) is 9.03 Å². The van der Waals surface area contributed by atoms with Gasteiger partial charge in [-0.05, 0) is 43.9 Å². The fraction of sp³-hybridized carbons (Fsp3) is 0.667. The van der Waals surface area contributed by atoms with Crippen LogP contribution in [0.1, 0.15) is 44.1 Å². The predicted octanol–water partition coefficient (Wildman–Crippen LogP) is 3.60. The first kappa shape index (κ1) is 26.2. The SMILES string of the molecule is O=S(=O)(N[C@H]1CC[C@@](c2cc(F)ccc2F)(S(=O)(=O)N2CCC(F)(F)CC2)CC1)C(F)(F)F. The Balaban J connectivity index is 1.97. The summed E-state index contributed by atoms with van der Waals surface area (Å²) in [4.78, 5) is 0. The molecule has 33 heavy (non-hydrogen) atoms. The van der Waals surface area contributed by atoms with Crippen molar-refractivity contribution in [3.63, 3.8) is 0 Å². The van der Waals surface area contributed by atoms with Gasteiger partial charge in [0.05, 0.1) is 0 Å². The Kier molecular flexibility index (Phi) is 6.85. The second-order valence-electron chi connectivity index (χ2n) is 8.22. The fourth-order valence-corrected chi connectivity index (χ4v) is 7.45. The van der Waals surface area contributed by atoms with E-state index in [0.717, 1.165) is 10.4 Å². The average molecular weight is 526 g/mol. The van der Waals surface area contributed by atoms with E-state index < -0.39 is 111 Å². The molecule has 15 heteroatoms. The zero-order valence-corrected chi connectivity index (χ0v) is 18.6. The quantitative estimate of drug-likeness (QED) is 0.595. The van der Waals surface area contributed by atoms with Crippen LogP contribution in [0, 0.1) is 11.6 Å². The topological polar surface area (TPSA) is 83.5 Å². The highest BCUT2D eigenvalue weighted by Crippen LogP contribution is 2.48. The fourth-order valence-electron chi connectivity index (χ4n) is 4.30. The van der Waals surface area contributed by atoms with Crippen molar-refractivity contribution >= 4 is 20.0 Å². The van der Waals surface area contributed by atoms with E-state index in [2.05, 4.69) is 0 Å². The zero-order chi connectivity index (χ0) is 24.9. The summed E-state index contributed by atoms with van der Waals surface area (Å²) < 4.78 is 144. The smallest absolute Gasteiger partial charge is 0.211 e. The Labute approximate surface area is 186 Å². The molecule has 0 atom stereocenters. The lowest BCUT2D eigenvalue weighted by molar-refractivity contribution is -0.0455. The lowest BCUT2D eigenvalue weighted by Gasteiger charge is -2.44. The zero-order valence-electron chi connectivity index (χ0n) is 17.0. The molecule has 1 heterocycles. The average Bonchev–Trinajstić information content (AvgIpc) is 2.69. The molecule has 2 fully saturated rings. The summed E-state index contributed by atoms with van der Waals surface area (Å²) in [6, 6.07) is 0.808. The molecule has 188 valence electrons. The van der Waals surface area contributed by atoms with Crippen LogP contribution >= 0.6 is 0 Å².